The van der Waals surface area contributed by atoms with Crippen molar-refractivity contribution in [3.8, 4) is 0 Å². The van der Waals surface area contributed by atoms with Crippen molar-refractivity contribution >= 4 is 0 Å². The van der Waals surface area contributed by atoms with Gasteiger partial charge in [-0.05, 0) is 54.8 Å². The third kappa shape index (κ3) is 2.98. The van der Waals surface area contributed by atoms with Crippen molar-refractivity contribution in [2.75, 3.05) is 6.54 Å². The standard InChI is InChI=1S/C19H23N5O/c1-19(2,3)24-18(20-21-22-24)17(16-9-11-25-13-16)23-10-8-14-6-4-5-7-15(14)12-23/h4-7,9,11,13,17H,8,10,12H2,1-3H3. The van der Waals surface area contributed by atoms with Crippen molar-refractivity contribution in [3.63, 3.8) is 0 Å². The Bertz CT molecular complexity index is 847. The lowest BCUT2D eigenvalue weighted by molar-refractivity contribution is 0.185. The fraction of sp³-hybridized carbons (Fsp3) is 0.421. The first-order chi connectivity index (χ1) is 12.0. The number of rotatable bonds is 3. The van der Waals surface area contributed by atoms with Gasteiger partial charge in [0.2, 0.25) is 0 Å². The Labute approximate surface area is 147 Å². The molecule has 25 heavy (non-hydrogen) atoms. The number of aromatic nitrogens is 4. The second-order valence-electron chi connectivity index (χ2n) is 7.57. The molecule has 1 aliphatic rings. The first kappa shape index (κ1) is 16.0. The second-order valence-corrected chi connectivity index (χ2v) is 7.57. The molecule has 2 aromatic heterocycles. The Kier molecular flexibility index (Phi) is 3.92. The lowest BCUT2D eigenvalue weighted by Crippen LogP contribution is -2.38. The molecule has 1 unspecified atom stereocenters. The molecule has 6 heteroatoms. The van der Waals surface area contributed by atoms with E-state index in [1.165, 1.54) is 11.1 Å². The zero-order chi connectivity index (χ0) is 17.4. The van der Waals surface area contributed by atoms with Crippen LogP contribution in [0.5, 0.6) is 0 Å². The summed E-state index contributed by atoms with van der Waals surface area (Å²) in [6.45, 7) is 8.19. The summed E-state index contributed by atoms with van der Waals surface area (Å²) < 4.78 is 7.30. The van der Waals surface area contributed by atoms with Gasteiger partial charge < -0.3 is 4.42 Å². The third-order valence-electron chi connectivity index (χ3n) is 4.76. The summed E-state index contributed by atoms with van der Waals surface area (Å²) in [5.74, 6) is 0.855. The van der Waals surface area contributed by atoms with Gasteiger partial charge in [-0.25, -0.2) is 4.68 Å². The zero-order valence-corrected chi connectivity index (χ0v) is 14.9. The van der Waals surface area contributed by atoms with Crippen LogP contribution < -0.4 is 0 Å². The van der Waals surface area contributed by atoms with Gasteiger partial charge in [0.1, 0.15) is 6.04 Å². The normalized spacial score (nSPS) is 16.6. The van der Waals surface area contributed by atoms with Gasteiger partial charge in [0.15, 0.2) is 5.82 Å². The number of fused-ring (bicyclic) bond motifs is 1. The molecule has 0 amide bonds. The van der Waals surface area contributed by atoms with Gasteiger partial charge in [0.25, 0.3) is 0 Å². The first-order valence-corrected chi connectivity index (χ1v) is 8.66. The largest absolute Gasteiger partial charge is 0.472 e. The Morgan fingerprint density at radius 3 is 2.64 bits per heavy atom. The van der Waals surface area contributed by atoms with Crippen molar-refractivity contribution < 1.29 is 4.42 Å². The van der Waals surface area contributed by atoms with E-state index in [1.54, 1.807) is 12.5 Å². The van der Waals surface area contributed by atoms with Crippen LogP contribution in [-0.2, 0) is 18.5 Å². The SMILES string of the molecule is CC(C)(C)n1nnnc1C(c1ccoc1)N1CCc2ccccc2C1. The maximum absolute atomic E-state index is 5.37. The van der Waals surface area contributed by atoms with Crippen molar-refractivity contribution in [2.24, 2.45) is 0 Å². The molecule has 3 aromatic rings. The van der Waals surface area contributed by atoms with Gasteiger partial charge >= 0.3 is 0 Å². The van der Waals surface area contributed by atoms with Crippen LogP contribution in [-0.4, -0.2) is 31.7 Å². The molecule has 1 atom stereocenters. The molecule has 130 valence electrons. The monoisotopic (exact) mass is 337 g/mol. The first-order valence-electron chi connectivity index (χ1n) is 8.66. The molecule has 0 radical (unpaired) electrons. The van der Waals surface area contributed by atoms with Crippen LogP contribution in [0.4, 0.5) is 0 Å². The minimum atomic E-state index is -0.186. The van der Waals surface area contributed by atoms with E-state index in [-0.39, 0.29) is 11.6 Å². The quantitative estimate of drug-likeness (QED) is 0.735. The lowest BCUT2D eigenvalue weighted by atomic mass is 9.96. The van der Waals surface area contributed by atoms with Crippen LogP contribution >= 0.6 is 0 Å². The molecule has 1 aromatic carbocycles. The summed E-state index contributed by atoms with van der Waals surface area (Å²) in [6, 6.07) is 10.6. The molecule has 0 bridgehead atoms. The average Bonchev–Trinajstić information content (AvgIpc) is 3.27. The highest BCUT2D eigenvalue weighted by atomic mass is 16.3. The highest BCUT2D eigenvalue weighted by Crippen LogP contribution is 2.33. The van der Waals surface area contributed by atoms with E-state index in [0.29, 0.717) is 0 Å². The number of tetrazole rings is 1. The number of benzene rings is 1. The zero-order valence-electron chi connectivity index (χ0n) is 14.9. The van der Waals surface area contributed by atoms with E-state index < -0.39 is 0 Å². The minimum Gasteiger partial charge on any atom is -0.472 e. The summed E-state index contributed by atoms with van der Waals surface area (Å²) >= 11 is 0. The van der Waals surface area contributed by atoms with Crippen molar-refractivity contribution in [1.29, 1.82) is 0 Å². The topological polar surface area (TPSA) is 60.0 Å². The highest BCUT2D eigenvalue weighted by Gasteiger charge is 2.33. The van der Waals surface area contributed by atoms with E-state index in [1.807, 2.05) is 10.7 Å². The maximum Gasteiger partial charge on any atom is 0.173 e. The molecule has 4 rings (SSSR count). The molecule has 0 spiro atoms. The van der Waals surface area contributed by atoms with E-state index in [4.69, 9.17) is 4.42 Å². The number of hydrogen-bond acceptors (Lipinski definition) is 5. The Balaban J connectivity index is 1.76. The molecule has 0 fully saturated rings. The lowest BCUT2D eigenvalue weighted by Gasteiger charge is -2.35. The minimum absolute atomic E-state index is 0.0265. The molecule has 1 aliphatic heterocycles. The fourth-order valence-corrected chi connectivity index (χ4v) is 3.53. The predicted molar refractivity (Wildman–Crippen MR) is 93.9 cm³/mol. The van der Waals surface area contributed by atoms with E-state index in [9.17, 15) is 0 Å². The molecule has 3 heterocycles. The van der Waals surface area contributed by atoms with Crippen molar-refractivity contribution in [2.45, 2.75) is 45.3 Å². The van der Waals surface area contributed by atoms with Crippen LogP contribution in [0.25, 0.3) is 0 Å². The van der Waals surface area contributed by atoms with E-state index in [0.717, 1.165) is 30.9 Å². The van der Waals surface area contributed by atoms with Gasteiger partial charge in [-0.3, -0.25) is 4.90 Å². The summed E-state index contributed by atoms with van der Waals surface area (Å²) in [5, 5.41) is 12.6. The highest BCUT2D eigenvalue weighted by molar-refractivity contribution is 5.31. The van der Waals surface area contributed by atoms with E-state index >= 15 is 0 Å². The Morgan fingerprint density at radius 1 is 1.12 bits per heavy atom. The third-order valence-corrected chi connectivity index (χ3v) is 4.76. The van der Waals surface area contributed by atoms with Crippen LogP contribution in [0, 0.1) is 0 Å². The maximum atomic E-state index is 5.37. The van der Waals surface area contributed by atoms with Gasteiger partial charge in [0.05, 0.1) is 18.1 Å². The van der Waals surface area contributed by atoms with Crippen LogP contribution in [0.1, 0.15) is 49.3 Å². The van der Waals surface area contributed by atoms with Gasteiger partial charge in [-0.15, -0.1) is 5.10 Å². The van der Waals surface area contributed by atoms with Gasteiger partial charge in [-0.2, -0.15) is 0 Å². The summed E-state index contributed by atoms with van der Waals surface area (Å²) in [7, 11) is 0. The molecule has 0 aliphatic carbocycles. The fourth-order valence-electron chi connectivity index (χ4n) is 3.53. The van der Waals surface area contributed by atoms with Gasteiger partial charge in [-0.1, -0.05) is 24.3 Å². The molecular weight excluding hydrogens is 314 g/mol. The molecular formula is C19H23N5O. The molecule has 0 saturated carbocycles. The second kappa shape index (κ2) is 6.11. The van der Waals surface area contributed by atoms with Gasteiger partial charge in [0, 0.05) is 18.7 Å². The molecule has 0 saturated heterocycles. The van der Waals surface area contributed by atoms with Crippen LogP contribution in [0.3, 0.4) is 0 Å². The van der Waals surface area contributed by atoms with Crippen molar-refractivity contribution in [1.82, 2.24) is 25.1 Å². The molecule has 0 N–H and O–H groups in total. The van der Waals surface area contributed by atoms with Crippen molar-refractivity contribution in [3.05, 3.63) is 65.4 Å². The Morgan fingerprint density at radius 2 is 1.92 bits per heavy atom. The Hall–Kier alpha value is -2.47. The summed E-state index contributed by atoms with van der Waals surface area (Å²) in [4.78, 5) is 2.43. The van der Waals surface area contributed by atoms with E-state index in [2.05, 4.69) is 65.5 Å². The number of hydrogen-bond donors (Lipinski definition) is 0. The van der Waals surface area contributed by atoms with Crippen LogP contribution in [0.2, 0.25) is 0 Å². The van der Waals surface area contributed by atoms with Crippen LogP contribution in [0.15, 0.2) is 47.3 Å². The smallest absolute Gasteiger partial charge is 0.173 e. The summed E-state index contributed by atoms with van der Waals surface area (Å²) in [5.41, 5.74) is 3.70. The average molecular weight is 337 g/mol. The predicted octanol–water partition coefficient (Wildman–Crippen LogP) is 3.17. The number of furan rings is 1. The summed E-state index contributed by atoms with van der Waals surface area (Å²) in [6.07, 6.45) is 4.54. The number of nitrogens with zero attached hydrogens (tertiary/aromatic N) is 5. The molecule has 6 nitrogen and oxygen atoms in total.